The van der Waals surface area contributed by atoms with E-state index in [1.54, 1.807) is 0 Å². The van der Waals surface area contributed by atoms with Gasteiger partial charge in [-0.3, -0.25) is 14.4 Å². The topological polar surface area (TPSA) is 78.9 Å². The molecule has 52 heavy (non-hydrogen) atoms. The van der Waals surface area contributed by atoms with Crippen LogP contribution < -0.4 is 0 Å². The Labute approximate surface area is 322 Å². The Balaban J connectivity index is 4.35. The Hall–Kier alpha value is -2.11. The first kappa shape index (κ1) is 49.9. The second-order valence-corrected chi connectivity index (χ2v) is 14.9. The minimum Gasteiger partial charge on any atom is -0.462 e. The van der Waals surface area contributed by atoms with Gasteiger partial charge in [-0.1, -0.05) is 193 Å². The molecule has 0 rings (SSSR count). The average Bonchev–Trinajstić information content (AvgIpc) is 3.14. The summed E-state index contributed by atoms with van der Waals surface area (Å²) in [6, 6.07) is 0. The fraction of sp³-hybridized carbons (Fsp3) is 0.848. The monoisotopic (exact) mass is 733 g/mol. The Bertz CT molecular complexity index is 850. The number of allylic oxidation sites excluding steroid dienone is 4. The van der Waals surface area contributed by atoms with Gasteiger partial charge in [0.15, 0.2) is 6.10 Å². The van der Waals surface area contributed by atoms with Crippen LogP contribution in [0.4, 0.5) is 0 Å². The number of carbonyl (C=O) groups excluding carboxylic acids is 3. The Morgan fingerprint density at radius 1 is 0.404 bits per heavy atom. The number of hydrogen-bond donors (Lipinski definition) is 0. The minimum atomic E-state index is -0.775. The van der Waals surface area contributed by atoms with Crippen molar-refractivity contribution >= 4 is 17.9 Å². The fourth-order valence-corrected chi connectivity index (χ4v) is 6.36. The van der Waals surface area contributed by atoms with E-state index < -0.39 is 6.10 Å². The van der Waals surface area contributed by atoms with Gasteiger partial charge in [-0.2, -0.15) is 0 Å². The molecular weight excluding hydrogens is 649 g/mol. The first-order valence-corrected chi connectivity index (χ1v) is 22.3. The number of hydrogen-bond acceptors (Lipinski definition) is 6. The largest absolute Gasteiger partial charge is 0.462 e. The van der Waals surface area contributed by atoms with Crippen LogP contribution in [-0.2, 0) is 28.6 Å². The van der Waals surface area contributed by atoms with Gasteiger partial charge in [0, 0.05) is 19.3 Å². The van der Waals surface area contributed by atoms with Crippen LogP contribution in [0.2, 0.25) is 0 Å². The van der Waals surface area contributed by atoms with Gasteiger partial charge in [0.25, 0.3) is 0 Å². The van der Waals surface area contributed by atoms with Crippen LogP contribution >= 0.6 is 0 Å². The van der Waals surface area contributed by atoms with Crippen LogP contribution in [0.25, 0.3) is 0 Å². The zero-order valence-electron chi connectivity index (χ0n) is 34.6. The molecule has 0 N–H and O–H groups in total. The van der Waals surface area contributed by atoms with Gasteiger partial charge < -0.3 is 14.2 Å². The third kappa shape index (κ3) is 39.1. The lowest BCUT2D eigenvalue weighted by Crippen LogP contribution is -2.30. The van der Waals surface area contributed by atoms with Gasteiger partial charge in [0.1, 0.15) is 13.2 Å². The van der Waals surface area contributed by atoms with Crippen molar-refractivity contribution in [1.29, 1.82) is 0 Å². The SMILES string of the molecule is CC/C=C\C/C=C\CCCCC(=O)OCC(COC(=O)CCCCCCCCCCCCCCC)OC(=O)CCCCCCCCCCCCCC. The zero-order chi connectivity index (χ0) is 38.0. The van der Waals surface area contributed by atoms with Gasteiger partial charge in [0.05, 0.1) is 0 Å². The summed E-state index contributed by atoms with van der Waals surface area (Å²) in [6.45, 7) is 6.48. The Kier molecular flexibility index (Phi) is 40.0. The molecule has 0 aromatic carbocycles. The van der Waals surface area contributed by atoms with E-state index in [9.17, 15) is 14.4 Å². The molecule has 304 valence electrons. The second kappa shape index (κ2) is 41.6. The summed E-state index contributed by atoms with van der Waals surface area (Å²) in [6.07, 6.45) is 44.5. The summed E-state index contributed by atoms with van der Waals surface area (Å²) in [7, 11) is 0. The molecule has 6 nitrogen and oxygen atoms in total. The smallest absolute Gasteiger partial charge is 0.306 e. The van der Waals surface area contributed by atoms with Crippen molar-refractivity contribution in [3.63, 3.8) is 0 Å². The molecule has 0 radical (unpaired) electrons. The molecule has 0 aliphatic carbocycles. The quantitative estimate of drug-likeness (QED) is 0.0270. The molecule has 6 heteroatoms. The standard InChI is InChI=1S/C46H84O6/c1-4-7-10-13-16-19-21-23-25-27-30-33-36-39-45(48)51-42-43(41-50-44(47)38-35-32-29-26-18-15-12-9-6-3)52-46(49)40-37-34-31-28-24-22-20-17-14-11-8-5-2/h9,12,18,26,43H,4-8,10-11,13-17,19-25,27-42H2,1-3H3/b12-9-,26-18-. The van der Waals surface area contributed by atoms with E-state index in [-0.39, 0.29) is 31.1 Å². The van der Waals surface area contributed by atoms with Gasteiger partial charge >= 0.3 is 17.9 Å². The van der Waals surface area contributed by atoms with Gasteiger partial charge in [-0.05, 0) is 44.9 Å². The summed E-state index contributed by atoms with van der Waals surface area (Å²) in [5.74, 6) is -0.911. The number of ether oxygens (including phenoxy) is 3. The first-order valence-electron chi connectivity index (χ1n) is 22.3. The van der Waals surface area contributed by atoms with Crippen molar-refractivity contribution in [2.45, 2.75) is 239 Å². The van der Waals surface area contributed by atoms with Crippen LogP contribution in [0.5, 0.6) is 0 Å². The van der Waals surface area contributed by atoms with Gasteiger partial charge in [-0.15, -0.1) is 0 Å². The number of unbranched alkanes of at least 4 members (excludes halogenated alkanes) is 25. The predicted octanol–water partition coefficient (Wildman–Crippen LogP) is 14.0. The Morgan fingerprint density at radius 3 is 1.15 bits per heavy atom. The van der Waals surface area contributed by atoms with Crippen molar-refractivity contribution in [2.24, 2.45) is 0 Å². The van der Waals surface area contributed by atoms with Crippen molar-refractivity contribution in [3.8, 4) is 0 Å². The molecule has 0 aliphatic rings. The van der Waals surface area contributed by atoms with Crippen molar-refractivity contribution < 1.29 is 28.6 Å². The summed E-state index contributed by atoms with van der Waals surface area (Å²) in [5, 5.41) is 0. The van der Waals surface area contributed by atoms with E-state index >= 15 is 0 Å². The molecule has 0 fully saturated rings. The zero-order valence-corrected chi connectivity index (χ0v) is 34.6. The maximum atomic E-state index is 12.7. The summed E-state index contributed by atoms with van der Waals surface area (Å²) in [4.78, 5) is 37.6. The van der Waals surface area contributed by atoms with Gasteiger partial charge in [0.2, 0.25) is 0 Å². The number of rotatable bonds is 40. The van der Waals surface area contributed by atoms with Crippen molar-refractivity contribution in [3.05, 3.63) is 24.3 Å². The lowest BCUT2D eigenvalue weighted by molar-refractivity contribution is -0.167. The second-order valence-electron chi connectivity index (χ2n) is 14.9. The van der Waals surface area contributed by atoms with E-state index in [0.29, 0.717) is 19.3 Å². The van der Waals surface area contributed by atoms with E-state index in [4.69, 9.17) is 14.2 Å². The lowest BCUT2D eigenvalue weighted by atomic mass is 10.0. The van der Waals surface area contributed by atoms with Crippen LogP contribution in [0.1, 0.15) is 233 Å². The summed E-state index contributed by atoms with van der Waals surface area (Å²) >= 11 is 0. The molecule has 0 saturated heterocycles. The molecule has 0 heterocycles. The third-order valence-electron chi connectivity index (χ3n) is 9.72. The molecule has 0 bridgehead atoms. The maximum Gasteiger partial charge on any atom is 0.306 e. The fourth-order valence-electron chi connectivity index (χ4n) is 6.36. The first-order chi connectivity index (χ1) is 25.5. The maximum absolute atomic E-state index is 12.7. The van der Waals surface area contributed by atoms with E-state index in [2.05, 4.69) is 45.1 Å². The van der Waals surface area contributed by atoms with E-state index in [1.807, 2.05) is 0 Å². The molecule has 0 saturated carbocycles. The molecule has 0 amide bonds. The summed E-state index contributed by atoms with van der Waals surface area (Å²) < 4.78 is 16.6. The molecular formula is C46H84O6. The van der Waals surface area contributed by atoms with Crippen LogP contribution in [0.15, 0.2) is 24.3 Å². The highest BCUT2D eigenvalue weighted by Crippen LogP contribution is 2.15. The van der Waals surface area contributed by atoms with Crippen LogP contribution in [0.3, 0.4) is 0 Å². The Morgan fingerprint density at radius 2 is 0.750 bits per heavy atom. The number of esters is 3. The highest BCUT2D eigenvalue weighted by molar-refractivity contribution is 5.71. The highest BCUT2D eigenvalue weighted by Gasteiger charge is 2.19. The molecule has 1 unspecified atom stereocenters. The van der Waals surface area contributed by atoms with Gasteiger partial charge in [-0.25, -0.2) is 0 Å². The number of carbonyl (C=O) groups is 3. The average molecular weight is 733 g/mol. The molecule has 0 aliphatic heterocycles. The summed E-state index contributed by atoms with van der Waals surface area (Å²) in [5.41, 5.74) is 0. The highest BCUT2D eigenvalue weighted by atomic mass is 16.6. The molecule has 0 aromatic heterocycles. The minimum absolute atomic E-state index is 0.0774. The molecule has 0 aromatic rings. The molecule has 0 spiro atoms. The lowest BCUT2D eigenvalue weighted by Gasteiger charge is -2.18. The van der Waals surface area contributed by atoms with Crippen molar-refractivity contribution in [1.82, 2.24) is 0 Å². The van der Waals surface area contributed by atoms with E-state index in [1.165, 1.54) is 122 Å². The normalized spacial score (nSPS) is 12.1. The van der Waals surface area contributed by atoms with Crippen LogP contribution in [0, 0.1) is 0 Å². The predicted molar refractivity (Wildman–Crippen MR) is 219 cm³/mol. The van der Waals surface area contributed by atoms with E-state index in [0.717, 1.165) is 70.6 Å². The van der Waals surface area contributed by atoms with Crippen molar-refractivity contribution in [2.75, 3.05) is 13.2 Å². The molecule has 1 atom stereocenters. The van der Waals surface area contributed by atoms with Crippen LogP contribution in [-0.4, -0.2) is 37.2 Å². The third-order valence-corrected chi connectivity index (χ3v) is 9.72.